The largest absolute Gasteiger partial charge is 0.478 e. The summed E-state index contributed by atoms with van der Waals surface area (Å²) >= 11 is 0. The minimum absolute atomic E-state index is 0.0297. The molecule has 1 aromatic carbocycles. The van der Waals surface area contributed by atoms with Gasteiger partial charge < -0.3 is 15.3 Å². The van der Waals surface area contributed by atoms with E-state index in [1.807, 2.05) is 0 Å². The first-order valence-corrected chi connectivity index (χ1v) is 5.80. The van der Waals surface area contributed by atoms with E-state index in [1.54, 1.807) is 0 Å². The second kappa shape index (κ2) is 7.08. The first kappa shape index (κ1) is 15.4. The highest BCUT2D eigenvalue weighted by Crippen LogP contribution is 2.17. The van der Waals surface area contributed by atoms with Crippen LogP contribution in [0.5, 0.6) is 0 Å². The van der Waals surface area contributed by atoms with Gasteiger partial charge in [0.25, 0.3) is 0 Å². The lowest BCUT2D eigenvalue weighted by atomic mass is 10.1. The highest BCUT2D eigenvalue weighted by atomic mass is 19.1. The summed E-state index contributed by atoms with van der Waals surface area (Å²) in [5.74, 6) is -2.01. The Bertz CT molecular complexity index is 533. The number of hydrogen-bond acceptors (Lipinski definition) is 2. The molecule has 0 aliphatic rings. The van der Waals surface area contributed by atoms with Gasteiger partial charge in [0, 0.05) is 13.1 Å². The highest BCUT2D eigenvalue weighted by Gasteiger charge is 2.16. The molecule has 0 saturated carbocycles. The molecular formula is C14H15FN2O3. The van der Waals surface area contributed by atoms with Gasteiger partial charge in [-0.25, -0.2) is 14.0 Å². The molecule has 0 radical (unpaired) electrons. The van der Waals surface area contributed by atoms with Crippen LogP contribution in [0.1, 0.15) is 10.4 Å². The third kappa shape index (κ3) is 3.94. The van der Waals surface area contributed by atoms with Gasteiger partial charge in [-0.1, -0.05) is 12.2 Å². The maximum absolute atomic E-state index is 13.0. The van der Waals surface area contributed by atoms with Crippen LogP contribution in [-0.4, -0.2) is 35.1 Å². The van der Waals surface area contributed by atoms with Crippen LogP contribution in [0.25, 0.3) is 0 Å². The van der Waals surface area contributed by atoms with Crippen LogP contribution in [0.15, 0.2) is 43.5 Å². The van der Waals surface area contributed by atoms with Crippen LogP contribution >= 0.6 is 0 Å². The number of halogens is 1. The average molecular weight is 278 g/mol. The minimum atomic E-state index is -1.32. The third-order valence-electron chi connectivity index (χ3n) is 2.44. The molecule has 0 aliphatic heterocycles. The summed E-state index contributed by atoms with van der Waals surface area (Å²) in [7, 11) is 0. The summed E-state index contributed by atoms with van der Waals surface area (Å²) in [6, 6.07) is 2.62. The number of nitrogens with one attached hydrogen (secondary N) is 1. The Hall–Kier alpha value is -2.63. The number of carbonyl (C=O) groups is 2. The molecule has 6 heteroatoms. The Labute approximate surface area is 116 Å². The molecule has 1 rings (SSSR count). The SMILES string of the molecule is C=CCN(CC=C)C(=O)Nc1ccc(F)cc1C(=O)O. The number of carboxylic acids is 1. The standard InChI is InChI=1S/C14H15FN2O3/c1-3-7-17(8-4-2)14(20)16-12-6-5-10(15)9-11(12)13(18)19/h3-6,9H,1-2,7-8H2,(H,16,20)(H,18,19). The molecule has 106 valence electrons. The molecule has 1 aromatic rings. The maximum Gasteiger partial charge on any atom is 0.337 e. The second-order valence-electron chi connectivity index (χ2n) is 3.91. The molecule has 0 spiro atoms. The monoisotopic (exact) mass is 278 g/mol. The van der Waals surface area contributed by atoms with E-state index in [9.17, 15) is 14.0 Å². The second-order valence-corrected chi connectivity index (χ2v) is 3.91. The van der Waals surface area contributed by atoms with E-state index >= 15 is 0 Å². The van der Waals surface area contributed by atoms with Gasteiger partial charge in [-0.05, 0) is 18.2 Å². The normalized spacial score (nSPS) is 9.65. The van der Waals surface area contributed by atoms with Gasteiger partial charge in [0.15, 0.2) is 0 Å². The number of aromatic carboxylic acids is 1. The van der Waals surface area contributed by atoms with E-state index < -0.39 is 17.8 Å². The molecule has 20 heavy (non-hydrogen) atoms. The number of hydrogen-bond donors (Lipinski definition) is 2. The van der Waals surface area contributed by atoms with Gasteiger partial charge in [-0.15, -0.1) is 13.2 Å². The van der Waals surface area contributed by atoms with Crippen molar-refractivity contribution >= 4 is 17.7 Å². The first-order valence-electron chi connectivity index (χ1n) is 5.80. The van der Waals surface area contributed by atoms with Crippen LogP contribution in [0.3, 0.4) is 0 Å². The summed E-state index contributed by atoms with van der Waals surface area (Å²) in [5, 5.41) is 11.4. The van der Waals surface area contributed by atoms with Crippen molar-refractivity contribution < 1.29 is 19.1 Å². The van der Waals surface area contributed by atoms with Crippen molar-refractivity contribution in [2.75, 3.05) is 18.4 Å². The fraction of sp³-hybridized carbons (Fsp3) is 0.143. The zero-order valence-electron chi connectivity index (χ0n) is 10.8. The van der Waals surface area contributed by atoms with Crippen LogP contribution in [0, 0.1) is 5.82 Å². The third-order valence-corrected chi connectivity index (χ3v) is 2.44. The Morgan fingerprint density at radius 1 is 1.30 bits per heavy atom. The lowest BCUT2D eigenvalue weighted by Gasteiger charge is -2.20. The fourth-order valence-electron chi connectivity index (χ4n) is 1.55. The van der Waals surface area contributed by atoms with Crippen molar-refractivity contribution in [3.05, 3.63) is 54.9 Å². The number of carboxylic acid groups (broad SMARTS) is 1. The van der Waals surface area contributed by atoms with Gasteiger partial charge in [0.2, 0.25) is 0 Å². The molecule has 0 aromatic heterocycles. The van der Waals surface area contributed by atoms with Gasteiger partial charge in [0.05, 0.1) is 11.3 Å². The molecule has 0 atom stereocenters. The van der Waals surface area contributed by atoms with Gasteiger partial charge in [-0.3, -0.25) is 0 Å². The van der Waals surface area contributed by atoms with Crippen molar-refractivity contribution in [3.63, 3.8) is 0 Å². The molecule has 0 fully saturated rings. The molecule has 2 amide bonds. The number of urea groups is 1. The number of anilines is 1. The molecule has 0 heterocycles. The highest BCUT2D eigenvalue weighted by molar-refractivity contribution is 6.00. The molecule has 2 N–H and O–H groups in total. The fourth-order valence-corrected chi connectivity index (χ4v) is 1.55. The number of rotatable bonds is 6. The van der Waals surface area contributed by atoms with E-state index in [4.69, 9.17) is 5.11 Å². The van der Waals surface area contributed by atoms with Crippen molar-refractivity contribution in [1.29, 1.82) is 0 Å². The quantitative estimate of drug-likeness (QED) is 0.786. The van der Waals surface area contributed by atoms with Gasteiger partial charge in [0.1, 0.15) is 5.82 Å². The smallest absolute Gasteiger partial charge is 0.337 e. The zero-order valence-corrected chi connectivity index (χ0v) is 10.8. The summed E-state index contributed by atoms with van der Waals surface area (Å²) in [6.07, 6.45) is 3.07. The number of amides is 2. The van der Waals surface area contributed by atoms with Crippen molar-refractivity contribution in [2.24, 2.45) is 0 Å². The summed E-state index contributed by atoms with van der Waals surface area (Å²) in [6.45, 7) is 7.62. The van der Waals surface area contributed by atoms with Crippen LogP contribution in [0.2, 0.25) is 0 Å². The lowest BCUT2D eigenvalue weighted by molar-refractivity contribution is 0.0697. The summed E-state index contributed by atoms with van der Waals surface area (Å²) < 4.78 is 13.0. The number of benzene rings is 1. The number of nitrogens with zero attached hydrogens (tertiary/aromatic N) is 1. The Morgan fingerprint density at radius 3 is 2.40 bits per heavy atom. The molecule has 5 nitrogen and oxygen atoms in total. The predicted octanol–water partition coefficient (Wildman–Crippen LogP) is 2.73. The topological polar surface area (TPSA) is 69.6 Å². The molecule has 0 aliphatic carbocycles. The van der Waals surface area contributed by atoms with Crippen molar-refractivity contribution in [3.8, 4) is 0 Å². The molecule has 0 unspecified atom stereocenters. The maximum atomic E-state index is 13.0. The summed E-state index contributed by atoms with van der Waals surface area (Å²) in [5.41, 5.74) is -0.280. The molecular weight excluding hydrogens is 263 g/mol. The lowest BCUT2D eigenvalue weighted by Crippen LogP contribution is -2.35. The van der Waals surface area contributed by atoms with E-state index in [2.05, 4.69) is 18.5 Å². The Balaban J connectivity index is 2.96. The Kier molecular flexibility index (Phi) is 5.46. The zero-order chi connectivity index (χ0) is 15.1. The summed E-state index contributed by atoms with van der Waals surface area (Å²) in [4.78, 5) is 24.4. The average Bonchev–Trinajstić information content (AvgIpc) is 2.40. The van der Waals surface area contributed by atoms with E-state index in [0.29, 0.717) is 0 Å². The van der Waals surface area contributed by atoms with Crippen LogP contribution in [-0.2, 0) is 0 Å². The minimum Gasteiger partial charge on any atom is -0.478 e. The Morgan fingerprint density at radius 2 is 1.90 bits per heavy atom. The molecule has 0 saturated heterocycles. The van der Waals surface area contributed by atoms with E-state index in [-0.39, 0.29) is 24.3 Å². The van der Waals surface area contributed by atoms with E-state index in [0.717, 1.165) is 12.1 Å². The van der Waals surface area contributed by atoms with E-state index in [1.165, 1.54) is 23.1 Å². The molecule has 0 bridgehead atoms. The van der Waals surface area contributed by atoms with Crippen molar-refractivity contribution in [1.82, 2.24) is 4.90 Å². The van der Waals surface area contributed by atoms with Crippen molar-refractivity contribution in [2.45, 2.75) is 0 Å². The van der Waals surface area contributed by atoms with Gasteiger partial charge in [-0.2, -0.15) is 0 Å². The van der Waals surface area contributed by atoms with Crippen LogP contribution in [0.4, 0.5) is 14.9 Å². The first-order chi connectivity index (χ1) is 9.49. The van der Waals surface area contributed by atoms with Crippen LogP contribution < -0.4 is 5.32 Å². The number of carbonyl (C=O) groups excluding carboxylic acids is 1. The predicted molar refractivity (Wildman–Crippen MR) is 74.3 cm³/mol. The van der Waals surface area contributed by atoms with Gasteiger partial charge >= 0.3 is 12.0 Å².